The van der Waals surface area contributed by atoms with Crippen molar-refractivity contribution in [1.82, 2.24) is 14.8 Å². The molecule has 6 nitrogen and oxygen atoms in total. The molecule has 0 unspecified atom stereocenters. The van der Waals surface area contributed by atoms with E-state index in [0.717, 1.165) is 29.9 Å². The number of esters is 1. The van der Waals surface area contributed by atoms with E-state index in [1.165, 1.54) is 5.56 Å². The van der Waals surface area contributed by atoms with Crippen molar-refractivity contribution in [3.63, 3.8) is 0 Å². The molecule has 0 bridgehead atoms. The summed E-state index contributed by atoms with van der Waals surface area (Å²) in [5.41, 5.74) is 3.00. The summed E-state index contributed by atoms with van der Waals surface area (Å²) in [5.74, 6) is 0.754. The van der Waals surface area contributed by atoms with Crippen molar-refractivity contribution in [2.45, 2.75) is 39.2 Å². The molecule has 2 aromatic rings. The van der Waals surface area contributed by atoms with E-state index in [-0.39, 0.29) is 12.4 Å². The molecular formula is C17H22N4O2. The number of hydrogen-bond donors (Lipinski definition) is 1. The maximum atomic E-state index is 11.8. The van der Waals surface area contributed by atoms with Gasteiger partial charge in [-0.3, -0.25) is 9.48 Å². The van der Waals surface area contributed by atoms with Crippen LogP contribution in [-0.2, 0) is 21.5 Å². The number of rotatable bonds is 5. The summed E-state index contributed by atoms with van der Waals surface area (Å²) >= 11 is 0. The third kappa shape index (κ3) is 3.06. The van der Waals surface area contributed by atoms with E-state index in [1.807, 2.05) is 50.1 Å². The molecule has 1 aliphatic rings. The van der Waals surface area contributed by atoms with Crippen LogP contribution in [0.15, 0.2) is 24.7 Å². The van der Waals surface area contributed by atoms with Crippen LogP contribution in [0, 0.1) is 0 Å². The lowest BCUT2D eigenvalue weighted by Gasteiger charge is -2.24. The van der Waals surface area contributed by atoms with Crippen molar-refractivity contribution >= 4 is 11.8 Å². The summed E-state index contributed by atoms with van der Waals surface area (Å²) in [6.45, 7) is 7.10. The van der Waals surface area contributed by atoms with Gasteiger partial charge in [-0.05, 0) is 38.8 Å². The zero-order chi connectivity index (χ0) is 16.4. The summed E-state index contributed by atoms with van der Waals surface area (Å²) in [4.78, 5) is 16.1. The summed E-state index contributed by atoms with van der Waals surface area (Å²) < 4.78 is 6.90. The zero-order valence-corrected chi connectivity index (χ0v) is 13.8. The van der Waals surface area contributed by atoms with Gasteiger partial charge in [0.2, 0.25) is 0 Å². The summed E-state index contributed by atoms with van der Waals surface area (Å²) in [5, 5.41) is 7.76. The van der Waals surface area contributed by atoms with Crippen molar-refractivity contribution in [2.75, 3.05) is 18.5 Å². The van der Waals surface area contributed by atoms with Crippen LogP contribution in [0.3, 0.4) is 0 Å². The molecule has 0 atom stereocenters. The molecule has 1 aliphatic heterocycles. The molecule has 23 heavy (non-hydrogen) atoms. The first-order valence-corrected chi connectivity index (χ1v) is 7.94. The van der Waals surface area contributed by atoms with Crippen LogP contribution in [0.25, 0.3) is 11.1 Å². The molecule has 3 rings (SSSR count). The second-order valence-electron chi connectivity index (χ2n) is 6.33. The van der Waals surface area contributed by atoms with Crippen molar-refractivity contribution in [3.8, 4) is 11.1 Å². The molecule has 2 aromatic heterocycles. The highest BCUT2D eigenvalue weighted by atomic mass is 16.5. The van der Waals surface area contributed by atoms with Gasteiger partial charge in [0.25, 0.3) is 0 Å². The number of carbonyl (C=O) groups excluding carboxylic acids is 1. The molecule has 122 valence electrons. The van der Waals surface area contributed by atoms with Gasteiger partial charge in [-0.15, -0.1) is 0 Å². The fourth-order valence-electron chi connectivity index (χ4n) is 2.91. The fourth-order valence-corrected chi connectivity index (χ4v) is 2.91. The van der Waals surface area contributed by atoms with Crippen LogP contribution in [0.2, 0.25) is 0 Å². The molecule has 0 spiro atoms. The van der Waals surface area contributed by atoms with Gasteiger partial charge < -0.3 is 10.1 Å². The Hall–Kier alpha value is -2.37. The maximum Gasteiger partial charge on any atom is 0.308 e. The average molecular weight is 314 g/mol. The molecule has 3 heterocycles. The second-order valence-corrected chi connectivity index (χ2v) is 6.33. The molecule has 0 saturated carbocycles. The molecule has 0 amide bonds. The van der Waals surface area contributed by atoms with Crippen molar-refractivity contribution in [3.05, 3.63) is 30.2 Å². The smallest absolute Gasteiger partial charge is 0.308 e. The van der Waals surface area contributed by atoms with Gasteiger partial charge in [-0.1, -0.05) is 0 Å². The van der Waals surface area contributed by atoms with E-state index in [2.05, 4.69) is 15.4 Å². The number of aromatic nitrogens is 3. The zero-order valence-electron chi connectivity index (χ0n) is 13.8. The summed E-state index contributed by atoms with van der Waals surface area (Å²) in [7, 11) is 0. The van der Waals surface area contributed by atoms with E-state index in [9.17, 15) is 4.79 Å². The number of nitrogens with zero attached hydrogens (tertiary/aromatic N) is 3. The first kappa shape index (κ1) is 15.5. The lowest BCUT2D eigenvalue weighted by atomic mass is 10.0. The third-order valence-corrected chi connectivity index (χ3v) is 4.12. The highest BCUT2D eigenvalue weighted by molar-refractivity contribution is 5.73. The minimum Gasteiger partial charge on any atom is -0.466 e. The molecular weight excluding hydrogens is 292 g/mol. The molecule has 0 aliphatic carbocycles. The Morgan fingerprint density at radius 2 is 2.30 bits per heavy atom. The Kier molecular flexibility index (Phi) is 4.07. The number of ether oxygens (including phenoxy) is 1. The van der Waals surface area contributed by atoms with Crippen LogP contribution in [0.1, 0.15) is 32.8 Å². The number of nitrogens with one attached hydrogen (secondary N) is 1. The quantitative estimate of drug-likeness (QED) is 0.859. The van der Waals surface area contributed by atoms with Gasteiger partial charge in [0.05, 0.1) is 24.8 Å². The first-order valence-electron chi connectivity index (χ1n) is 7.94. The van der Waals surface area contributed by atoms with Gasteiger partial charge in [-0.2, -0.15) is 5.10 Å². The van der Waals surface area contributed by atoms with Gasteiger partial charge in [0.15, 0.2) is 0 Å². The van der Waals surface area contributed by atoms with Crippen LogP contribution < -0.4 is 5.32 Å². The predicted octanol–water partition coefficient (Wildman–Crippen LogP) is 2.60. The minimum atomic E-state index is -0.432. The molecule has 1 N–H and O–H groups in total. The second kappa shape index (κ2) is 6.02. The monoisotopic (exact) mass is 314 g/mol. The van der Waals surface area contributed by atoms with Gasteiger partial charge >= 0.3 is 5.97 Å². The molecule has 0 saturated heterocycles. The summed E-state index contributed by atoms with van der Waals surface area (Å²) in [6, 6.07) is 2.02. The minimum absolute atomic E-state index is 0.205. The van der Waals surface area contributed by atoms with Crippen LogP contribution in [-0.4, -0.2) is 33.9 Å². The number of hydrogen-bond acceptors (Lipinski definition) is 5. The molecule has 0 aromatic carbocycles. The topological polar surface area (TPSA) is 69.0 Å². The van der Waals surface area contributed by atoms with Crippen molar-refractivity contribution in [2.24, 2.45) is 0 Å². The maximum absolute atomic E-state index is 11.8. The molecule has 6 heteroatoms. The number of carbonyl (C=O) groups is 1. The Morgan fingerprint density at radius 3 is 3.09 bits per heavy atom. The van der Waals surface area contributed by atoms with E-state index in [1.54, 1.807) is 0 Å². The van der Waals surface area contributed by atoms with Gasteiger partial charge in [0.1, 0.15) is 5.82 Å². The Bertz CT molecular complexity index is 721. The van der Waals surface area contributed by atoms with Crippen LogP contribution >= 0.6 is 0 Å². The first-order chi connectivity index (χ1) is 11.0. The Morgan fingerprint density at radius 1 is 1.48 bits per heavy atom. The standard InChI is InChI=1S/C17H22N4O2/c1-4-23-15(22)9-17(2,3)21-11-12(10-20-21)13-5-7-18-16-14(13)6-8-19-16/h5,7,10-11H,4,6,8-9H2,1-3H3,(H,18,19). The Balaban J connectivity index is 1.86. The van der Waals surface area contributed by atoms with Crippen LogP contribution in [0.5, 0.6) is 0 Å². The molecule has 0 fully saturated rings. The lowest BCUT2D eigenvalue weighted by Crippen LogP contribution is -2.30. The van der Waals surface area contributed by atoms with E-state index in [0.29, 0.717) is 6.61 Å². The lowest BCUT2D eigenvalue weighted by molar-refractivity contribution is -0.145. The predicted molar refractivity (Wildman–Crippen MR) is 88.2 cm³/mol. The average Bonchev–Trinajstić information content (AvgIpc) is 3.16. The van der Waals surface area contributed by atoms with E-state index in [4.69, 9.17) is 4.74 Å². The third-order valence-electron chi connectivity index (χ3n) is 4.12. The van der Waals surface area contributed by atoms with Crippen molar-refractivity contribution < 1.29 is 9.53 Å². The molecule has 0 radical (unpaired) electrons. The normalized spacial score (nSPS) is 13.5. The summed E-state index contributed by atoms with van der Waals surface area (Å²) in [6.07, 6.45) is 6.91. The Labute approximate surface area is 135 Å². The number of pyridine rings is 1. The fraction of sp³-hybridized carbons (Fsp3) is 0.471. The van der Waals surface area contributed by atoms with Gasteiger partial charge in [-0.25, -0.2) is 4.98 Å². The highest BCUT2D eigenvalue weighted by Gasteiger charge is 2.26. The SMILES string of the molecule is CCOC(=O)CC(C)(C)n1cc(-c2ccnc3c2CCN3)cn1. The largest absolute Gasteiger partial charge is 0.466 e. The highest BCUT2D eigenvalue weighted by Crippen LogP contribution is 2.32. The number of anilines is 1. The van der Waals surface area contributed by atoms with Gasteiger partial charge in [0, 0.05) is 30.1 Å². The van der Waals surface area contributed by atoms with Crippen LogP contribution in [0.4, 0.5) is 5.82 Å². The number of fused-ring (bicyclic) bond motifs is 1. The van der Waals surface area contributed by atoms with E-state index >= 15 is 0 Å². The van der Waals surface area contributed by atoms with E-state index < -0.39 is 5.54 Å². The van der Waals surface area contributed by atoms with Crippen molar-refractivity contribution in [1.29, 1.82) is 0 Å².